The van der Waals surface area contributed by atoms with Crippen molar-refractivity contribution in [2.24, 2.45) is 0 Å². The predicted molar refractivity (Wildman–Crippen MR) is 65.4 cm³/mol. The zero-order valence-electron chi connectivity index (χ0n) is 7.03. The number of nitrogens with one attached hydrogen (secondary N) is 1. The Labute approximate surface area is 111 Å². The zero-order valence-corrected chi connectivity index (χ0v) is 10.8. The average molecular weight is 307 g/mol. The standard InChI is InChI=1S/C8H4Cl5NO/c9-4-1-2-5(10)6(3-4)14-7(15)8(11,12)13/h1-3H,(H,14,15). The Morgan fingerprint density at radius 3 is 2.33 bits per heavy atom. The number of hydrogen-bond acceptors (Lipinski definition) is 1. The molecule has 0 radical (unpaired) electrons. The van der Waals surface area contributed by atoms with E-state index in [1.54, 1.807) is 6.07 Å². The molecule has 1 amide bonds. The molecule has 0 aliphatic carbocycles. The van der Waals surface area contributed by atoms with E-state index in [0.717, 1.165) is 0 Å². The molecular formula is C8H4Cl5NO. The van der Waals surface area contributed by atoms with Crippen LogP contribution in [-0.2, 0) is 4.79 Å². The van der Waals surface area contributed by atoms with Gasteiger partial charge in [-0.2, -0.15) is 0 Å². The first kappa shape index (κ1) is 13.2. The highest BCUT2D eigenvalue weighted by atomic mass is 35.6. The molecule has 0 unspecified atom stereocenters. The molecule has 0 atom stereocenters. The van der Waals surface area contributed by atoms with E-state index < -0.39 is 9.70 Å². The quantitative estimate of drug-likeness (QED) is 0.770. The average Bonchev–Trinajstić information content (AvgIpc) is 2.09. The van der Waals surface area contributed by atoms with Gasteiger partial charge in [0.2, 0.25) is 0 Å². The Morgan fingerprint density at radius 1 is 1.20 bits per heavy atom. The minimum atomic E-state index is -2.04. The summed E-state index contributed by atoms with van der Waals surface area (Å²) in [7, 11) is 0. The molecule has 1 N–H and O–H groups in total. The summed E-state index contributed by atoms with van der Waals surface area (Å²) in [6, 6.07) is 4.56. The van der Waals surface area contributed by atoms with E-state index in [1.165, 1.54) is 12.1 Å². The van der Waals surface area contributed by atoms with E-state index >= 15 is 0 Å². The van der Waals surface area contributed by atoms with E-state index in [0.29, 0.717) is 15.7 Å². The topological polar surface area (TPSA) is 29.1 Å². The number of carbonyl (C=O) groups excluding carboxylic acids is 1. The van der Waals surface area contributed by atoms with Crippen LogP contribution in [0.1, 0.15) is 0 Å². The minimum Gasteiger partial charge on any atom is -0.321 e. The van der Waals surface area contributed by atoms with Gasteiger partial charge in [0.15, 0.2) is 0 Å². The van der Waals surface area contributed by atoms with E-state index in [9.17, 15) is 4.79 Å². The van der Waals surface area contributed by atoms with Crippen molar-refractivity contribution in [2.45, 2.75) is 3.79 Å². The predicted octanol–water partition coefficient (Wildman–Crippen LogP) is 4.30. The Bertz CT molecular complexity index is 387. The van der Waals surface area contributed by atoms with Crippen molar-refractivity contribution in [3.8, 4) is 0 Å². The molecule has 0 aliphatic heterocycles. The number of carbonyl (C=O) groups is 1. The third-order valence-corrected chi connectivity index (χ3v) is 2.51. The lowest BCUT2D eigenvalue weighted by atomic mass is 10.3. The minimum absolute atomic E-state index is 0.292. The molecule has 0 saturated heterocycles. The maximum atomic E-state index is 11.3. The van der Waals surface area contributed by atoms with E-state index in [1.807, 2.05) is 0 Å². The molecular weight excluding hydrogens is 303 g/mol. The number of hydrogen-bond donors (Lipinski definition) is 1. The SMILES string of the molecule is O=C(Nc1cc(Cl)ccc1Cl)C(Cl)(Cl)Cl. The van der Waals surface area contributed by atoms with Crippen molar-refractivity contribution in [2.75, 3.05) is 5.32 Å². The van der Waals surface area contributed by atoms with Gasteiger partial charge in [-0.1, -0.05) is 58.0 Å². The normalized spacial score (nSPS) is 11.3. The van der Waals surface area contributed by atoms with Crippen LogP contribution in [0.4, 0.5) is 5.69 Å². The molecule has 0 fully saturated rings. The second-order valence-electron chi connectivity index (χ2n) is 2.58. The molecule has 82 valence electrons. The summed E-state index contributed by atoms with van der Waals surface area (Å²) in [5.41, 5.74) is 0.292. The highest BCUT2D eigenvalue weighted by molar-refractivity contribution is 6.76. The summed E-state index contributed by atoms with van der Waals surface area (Å²) in [6.07, 6.45) is 0. The molecule has 0 bridgehead atoms. The number of rotatable bonds is 1. The lowest BCUT2D eigenvalue weighted by Crippen LogP contribution is -2.27. The van der Waals surface area contributed by atoms with Gasteiger partial charge < -0.3 is 5.32 Å². The second kappa shape index (κ2) is 4.98. The Morgan fingerprint density at radius 2 is 1.80 bits per heavy atom. The van der Waals surface area contributed by atoms with Gasteiger partial charge in [0.05, 0.1) is 10.7 Å². The molecule has 7 heteroatoms. The molecule has 0 saturated carbocycles. The first-order valence-electron chi connectivity index (χ1n) is 3.64. The first-order valence-corrected chi connectivity index (χ1v) is 5.53. The highest BCUT2D eigenvalue weighted by Gasteiger charge is 2.30. The maximum Gasteiger partial charge on any atom is 0.276 e. The number of anilines is 1. The van der Waals surface area contributed by atoms with Crippen LogP contribution in [-0.4, -0.2) is 9.70 Å². The molecule has 1 rings (SSSR count). The van der Waals surface area contributed by atoms with Crippen molar-refractivity contribution >= 4 is 69.6 Å². The van der Waals surface area contributed by atoms with Crippen LogP contribution >= 0.6 is 58.0 Å². The maximum absolute atomic E-state index is 11.3. The number of amides is 1. The lowest BCUT2D eigenvalue weighted by molar-refractivity contribution is -0.115. The van der Waals surface area contributed by atoms with Crippen molar-refractivity contribution in [3.05, 3.63) is 28.2 Å². The number of halogens is 5. The monoisotopic (exact) mass is 305 g/mol. The van der Waals surface area contributed by atoms with Crippen molar-refractivity contribution < 1.29 is 4.79 Å². The van der Waals surface area contributed by atoms with Crippen molar-refractivity contribution in [1.82, 2.24) is 0 Å². The lowest BCUT2D eigenvalue weighted by Gasteiger charge is -2.12. The third-order valence-electron chi connectivity index (χ3n) is 1.43. The van der Waals surface area contributed by atoms with E-state index in [4.69, 9.17) is 58.0 Å². The summed E-state index contributed by atoms with van der Waals surface area (Å²) in [6.45, 7) is 0. The number of benzene rings is 1. The van der Waals surface area contributed by atoms with Gasteiger partial charge in [-0.3, -0.25) is 4.79 Å². The van der Waals surface area contributed by atoms with Gasteiger partial charge in [0.1, 0.15) is 0 Å². The molecule has 0 heterocycles. The third kappa shape index (κ3) is 3.89. The largest absolute Gasteiger partial charge is 0.321 e. The first-order chi connectivity index (χ1) is 6.80. The van der Waals surface area contributed by atoms with Crippen LogP contribution in [0.15, 0.2) is 18.2 Å². The van der Waals surface area contributed by atoms with Crippen molar-refractivity contribution in [3.63, 3.8) is 0 Å². The van der Waals surface area contributed by atoms with Crippen molar-refractivity contribution in [1.29, 1.82) is 0 Å². The van der Waals surface area contributed by atoms with Gasteiger partial charge in [-0.05, 0) is 18.2 Å². The number of alkyl halides is 3. The fourth-order valence-electron chi connectivity index (χ4n) is 0.786. The van der Waals surface area contributed by atoms with Crippen LogP contribution in [0.5, 0.6) is 0 Å². The molecule has 15 heavy (non-hydrogen) atoms. The van der Waals surface area contributed by atoms with Crippen LogP contribution in [0.2, 0.25) is 10.0 Å². The fourth-order valence-corrected chi connectivity index (χ4v) is 1.27. The van der Waals surface area contributed by atoms with E-state index in [2.05, 4.69) is 5.32 Å². The summed E-state index contributed by atoms with van der Waals surface area (Å²) >= 11 is 27.6. The van der Waals surface area contributed by atoms with Gasteiger partial charge in [0.25, 0.3) is 9.70 Å². The summed E-state index contributed by atoms with van der Waals surface area (Å²) in [4.78, 5) is 11.3. The molecule has 1 aromatic carbocycles. The van der Waals surface area contributed by atoms with Crippen LogP contribution in [0, 0.1) is 0 Å². The zero-order chi connectivity index (χ0) is 11.6. The summed E-state index contributed by atoms with van der Waals surface area (Å²) in [5.74, 6) is -0.795. The van der Waals surface area contributed by atoms with Crippen LogP contribution in [0.25, 0.3) is 0 Å². The van der Waals surface area contributed by atoms with E-state index in [-0.39, 0.29) is 0 Å². The second-order valence-corrected chi connectivity index (χ2v) is 5.70. The highest BCUT2D eigenvalue weighted by Crippen LogP contribution is 2.30. The van der Waals surface area contributed by atoms with Gasteiger partial charge in [-0.25, -0.2) is 0 Å². The Balaban J connectivity index is 2.90. The summed E-state index contributed by atoms with van der Waals surface area (Å²) < 4.78 is -2.04. The molecule has 0 spiro atoms. The summed E-state index contributed by atoms with van der Waals surface area (Å²) in [5, 5.41) is 3.06. The van der Waals surface area contributed by atoms with Gasteiger partial charge in [0, 0.05) is 5.02 Å². The van der Waals surface area contributed by atoms with Gasteiger partial charge >= 0.3 is 0 Å². The smallest absolute Gasteiger partial charge is 0.276 e. The molecule has 2 nitrogen and oxygen atoms in total. The van der Waals surface area contributed by atoms with Crippen LogP contribution in [0.3, 0.4) is 0 Å². The van der Waals surface area contributed by atoms with Crippen LogP contribution < -0.4 is 5.32 Å². The Kier molecular flexibility index (Phi) is 4.38. The molecule has 0 aliphatic rings. The Hall–Kier alpha value is 0.140. The molecule has 1 aromatic rings. The molecule has 0 aromatic heterocycles. The van der Waals surface area contributed by atoms with Gasteiger partial charge in [-0.15, -0.1) is 0 Å². The fraction of sp³-hybridized carbons (Fsp3) is 0.125.